The number of rotatable bonds is 7. The number of nitrogens with one attached hydrogen (secondary N) is 1. The molecule has 1 N–H and O–H groups in total. The first kappa shape index (κ1) is 22.0. The van der Waals surface area contributed by atoms with Crippen molar-refractivity contribution in [1.29, 1.82) is 0 Å². The minimum absolute atomic E-state index is 0.0131. The van der Waals surface area contributed by atoms with E-state index in [1.807, 2.05) is 19.1 Å². The maximum atomic E-state index is 12.5. The van der Waals surface area contributed by atoms with E-state index >= 15 is 0 Å². The predicted octanol–water partition coefficient (Wildman–Crippen LogP) is 3.13. The van der Waals surface area contributed by atoms with Crippen LogP contribution in [0.15, 0.2) is 42.6 Å². The molecule has 1 fully saturated rings. The molecule has 1 amide bonds. The van der Waals surface area contributed by atoms with Gasteiger partial charge < -0.3 is 14.8 Å². The van der Waals surface area contributed by atoms with Crippen LogP contribution in [-0.2, 0) is 4.74 Å². The van der Waals surface area contributed by atoms with Gasteiger partial charge in [0, 0.05) is 31.9 Å². The summed E-state index contributed by atoms with van der Waals surface area (Å²) in [6.45, 7) is 3.78. The largest absolute Gasteiger partial charge is 0.468 e. The van der Waals surface area contributed by atoms with Crippen molar-refractivity contribution in [3.05, 3.63) is 59.3 Å². The normalized spacial score (nSPS) is 16.1. The molecule has 1 aromatic carbocycles. The van der Waals surface area contributed by atoms with Gasteiger partial charge >= 0.3 is 6.18 Å². The molecule has 1 aliphatic heterocycles. The molecule has 0 spiro atoms. The molecule has 3 rings (SSSR count). The summed E-state index contributed by atoms with van der Waals surface area (Å²) in [6, 6.07) is 10.8. The minimum atomic E-state index is -4.44. The number of nitrogens with zero attached hydrogens (tertiary/aromatic N) is 2. The number of carbonyl (C=O) groups is 1. The Hall–Kier alpha value is -2.65. The second kappa shape index (κ2) is 9.90. The van der Waals surface area contributed by atoms with Gasteiger partial charge in [-0.3, -0.25) is 9.69 Å². The van der Waals surface area contributed by atoms with E-state index in [1.165, 1.54) is 18.3 Å². The highest BCUT2D eigenvalue weighted by molar-refractivity contribution is 5.93. The van der Waals surface area contributed by atoms with E-state index in [0.29, 0.717) is 19.8 Å². The van der Waals surface area contributed by atoms with E-state index in [-0.39, 0.29) is 23.4 Å². The average Bonchev–Trinajstić information content (AvgIpc) is 2.74. The molecular weight excluding hydrogens is 399 g/mol. The summed E-state index contributed by atoms with van der Waals surface area (Å²) in [4.78, 5) is 18.6. The Balaban J connectivity index is 1.62. The van der Waals surface area contributed by atoms with Crippen molar-refractivity contribution in [3.8, 4) is 5.88 Å². The molecular formula is C21H24F3N3O3. The Labute approximate surface area is 173 Å². The van der Waals surface area contributed by atoms with Crippen molar-refractivity contribution in [2.45, 2.75) is 19.1 Å². The Morgan fingerprint density at radius 1 is 1.20 bits per heavy atom. The average molecular weight is 423 g/mol. The lowest BCUT2D eigenvalue weighted by Gasteiger charge is -2.35. The standard InChI is InChI=1S/C21H24F3N3O3/c1-15-2-4-16(5-3-15)18(27-8-10-29-11-9-27)13-26-20(28)17-6-7-19(25-12-17)30-14-21(22,23)24/h2-7,12,18H,8-11,13-14H2,1H3,(H,26,28). The first-order valence-electron chi connectivity index (χ1n) is 9.64. The molecule has 1 aliphatic rings. The maximum Gasteiger partial charge on any atom is 0.422 e. The van der Waals surface area contributed by atoms with Gasteiger partial charge in [0.15, 0.2) is 6.61 Å². The summed E-state index contributed by atoms with van der Waals surface area (Å²) in [7, 11) is 0. The molecule has 162 valence electrons. The van der Waals surface area contributed by atoms with E-state index in [4.69, 9.17) is 4.74 Å². The molecule has 2 aromatic rings. The van der Waals surface area contributed by atoms with Gasteiger partial charge in [-0.05, 0) is 18.6 Å². The monoisotopic (exact) mass is 423 g/mol. The number of morpholine rings is 1. The number of hydrogen-bond donors (Lipinski definition) is 1. The molecule has 0 aliphatic carbocycles. The van der Waals surface area contributed by atoms with E-state index in [1.54, 1.807) is 0 Å². The third kappa shape index (κ3) is 6.43. The van der Waals surface area contributed by atoms with Crippen LogP contribution in [0.5, 0.6) is 5.88 Å². The van der Waals surface area contributed by atoms with Crippen LogP contribution < -0.4 is 10.1 Å². The van der Waals surface area contributed by atoms with Gasteiger partial charge in [0.1, 0.15) is 0 Å². The van der Waals surface area contributed by atoms with Gasteiger partial charge in [-0.1, -0.05) is 29.8 Å². The van der Waals surface area contributed by atoms with Crippen molar-refractivity contribution < 1.29 is 27.4 Å². The molecule has 0 bridgehead atoms. The zero-order valence-electron chi connectivity index (χ0n) is 16.6. The Morgan fingerprint density at radius 3 is 2.50 bits per heavy atom. The number of alkyl halides is 3. The second-order valence-corrected chi connectivity index (χ2v) is 7.07. The fraction of sp³-hybridized carbons (Fsp3) is 0.429. The van der Waals surface area contributed by atoms with Crippen molar-refractivity contribution in [3.63, 3.8) is 0 Å². The quantitative estimate of drug-likeness (QED) is 0.742. The third-order valence-electron chi connectivity index (χ3n) is 4.79. The number of aromatic nitrogens is 1. The van der Waals surface area contributed by atoms with Gasteiger partial charge in [-0.15, -0.1) is 0 Å². The molecule has 1 unspecified atom stereocenters. The molecule has 9 heteroatoms. The predicted molar refractivity (Wildman–Crippen MR) is 104 cm³/mol. The lowest BCUT2D eigenvalue weighted by molar-refractivity contribution is -0.154. The minimum Gasteiger partial charge on any atom is -0.468 e. The van der Waals surface area contributed by atoms with Gasteiger partial charge in [0.05, 0.1) is 24.8 Å². The summed E-state index contributed by atoms with van der Waals surface area (Å²) in [6.07, 6.45) is -3.24. The van der Waals surface area contributed by atoms with Crippen LogP contribution in [0, 0.1) is 6.92 Å². The zero-order chi connectivity index (χ0) is 21.6. The molecule has 6 nitrogen and oxygen atoms in total. The van der Waals surface area contributed by atoms with Crippen LogP contribution in [0.2, 0.25) is 0 Å². The van der Waals surface area contributed by atoms with Gasteiger partial charge in [-0.25, -0.2) is 4.98 Å². The number of amides is 1. The summed E-state index contributed by atoms with van der Waals surface area (Å²) in [5.41, 5.74) is 2.50. The first-order chi connectivity index (χ1) is 14.3. The zero-order valence-corrected chi connectivity index (χ0v) is 16.6. The van der Waals surface area contributed by atoms with Crippen molar-refractivity contribution in [2.75, 3.05) is 39.5 Å². The van der Waals surface area contributed by atoms with E-state index in [2.05, 4.69) is 32.1 Å². The highest BCUT2D eigenvalue weighted by Gasteiger charge is 2.28. The number of carbonyl (C=O) groups excluding carboxylic acids is 1. The SMILES string of the molecule is Cc1ccc(C(CNC(=O)c2ccc(OCC(F)(F)F)nc2)N2CCOCC2)cc1. The van der Waals surface area contributed by atoms with E-state index in [0.717, 1.165) is 24.2 Å². The van der Waals surface area contributed by atoms with E-state index in [9.17, 15) is 18.0 Å². The smallest absolute Gasteiger partial charge is 0.422 e. The number of aryl methyl sites for hydroxylation is 1. The maximum absolute atomic E-state index is 12.5. The molecule has 2 heterocycles. The molecule has 1 saturated heterocycles. The highest BCUT2D eigenvalue weighted by Crippen LogP contribution is 2.22. The summed E-state index contributed by atoms with van der Waals surface area (Å²) in [5, 5.41) is 2.90. The summed E-state index contributed by atoms with van der Waals surface area (Å²) in [5.74, 6) is -0.537. The number of hydrogen-bond acceptors (Lipinski definition) is 5. The molecule has 1 atom stereocenters. The van der Waals surface area contributed by atoms with E-state index < -0.39 is 12.8 Å². The highest BCUT2D eigenvalue weighted by atomic mass is 19.4. The van der Waals surface area contributed by atoms with Gasteiger partial charge in [0.2, 0.25) is 5.88 Å². The number of halogens is 3. The number of benzene rings is 1. The first-order valence-corrected chi connectivity index (χ1v) is 9.64. The van der Waals surface area contributed by atoms with Crippen LogP contribution in [0.1, 0.15) is 27.5 Å². The van der Waals surface area contributed by atoms with Crippen LogP contribution in [0.25, 0.3) is 0 Å². The summed E-state index contributed by atoms with van der Waals surface area (Å²) >= 11 is 0. The van der Waals surface area contributed by atoms with Crippen molar-refractivity contribution in [1.82, 2.24) is 15.2 Å². The second-order valence-electron chi connectivity index (χ2n) is 7.07. The Bertz CT molecular complexity index is 820. The fourth-order valence-corrected chi connectivity index (χ4v) is 3.18. The molecule has 1 aromatic heterocycles. The van der Waals surface area contributed by atoms with Crippen LogP contribution in [-0.4, -0.2) is 61.4 Å². The molecule has 30 heavy (non-hydrogen) atoms. The van der Waals surface area contributed by atoms with Crippen molar-refractivity contribution in [2.24, 2.45) is 0 Å². The Kier molecular flexibility index (Phi) is 7.28. The Morgan fingerprint density at radius 2 is 1.90 bits per heavy atom. The third-order valence-corrected chi connectivity index (χ3v) is 4.79. The molecule has 0 saturated carbocycles. The molecule has 0 radical (unpaired) electrons. The topological polar surface area (TPSA) is 63.7 Å². The van der Waals surface area contributed by atoms with Gasteiger partial charge in [-0.2, -0.15) is 13.2 Å². The van der Waals surface area contributed by atoms with Crippen LogP contribution >= 0.6 is 0 Å². The number of pyridine rings is 1. The lowest BCUT2D eigenvalue weighted by Crippen LogP contribution is -2.43. The summed E-state index contributed by atoms with van der Waals surface area (Å²) < 4.78 is 46.6. The van der Waals surface area contributed by atoms with Crippen molar-refractivity contribution >= 4 is 5.91 Å². The van der Waals surface area contributed by atoms with Gasteiger partial charge in [0.25, 0.3) is 5.91 Å². The van der Waals surface area contributed by atoms with Crippen LogP contribution in [0.4, 0.5) is 13.2 Å². The lowest BCUT2D eigenvalue weighted by atomic mass is 10.0. The van der Waals surface area contributed by atoms with Crippen LogP contribution in [0.3, 0.4) is 0 Å². The number of ether oxygens (including phenoxy) is 2. The fourth-order valence-electron chi connectivity index (χ4n) is 3.18.